The van der Waals surface area contributed by atoms with Crippen LogP contribution in [-0.4, -0.2) is 19.8 Å². The molecule has 0 aliphatic heterocycles. The third-order valence-corrected chi connectivity index (χ3v) is 9.72. The van der Waals surface area contributed by atoms with Crippen LogP contribution in [0.25, 0.3) is 0 Å². The molecule has 0 N–H and O–H groups in total. The van der Waals surface area contributed by atoms with Gasteiger partial charge < -0.3 is 28.4 Å². The highest BCUT2D eigenvalue weighted by Crippen LogP contribution is 2.41. The van der Waals surface area contributed by atoms with Gasteiger partial charge in [-0.1, -0.05) is 129 Å². The lowest BCUT2D eigenvalue weighted by molar-refractivity contribution is 0.274. The van der Waals surface area contributed by atoms with Crippen LogP contribution in [-0.2, 0) is 39.1 Å². The van der Waals surface area contributed by atoms with Gasteiger partial charge in [-0.15, -0.1) is 0 Å². The predicted molar refractivity (Wildman–Crippen MR) is 227 cm³/mol. The predicted octanol–water partition coefficient (Wildman–Crippen LogP) is 11.2. The maximum absolute atomic E-state index is 6.50. The Bertz CT molecular complexity index is 2020. The maximum Gasteiger partial charge on any atom is 0.162 e. The fraction of sp³-hybridized carbons (Fsp3) is 0.176. The second kappa shape index (κ2) is 19.3. The van der Waals surface area contributed by atoms with Gasteiger partial charge in [0.15, 0.2) is 34.5 Å². The summed E-state index contributed by atoms with van der Waals surface area (Å²) >= 11 is 0. The first-order valence-electron chi connectivity index (χ1n) is 19.3. The number of benzene rings is 6. The van der Waals surface area contributed by atoms with Gasteiger partial charge in [-0.25, -0.2) is 0 Å². The molecule has 288 valence electrons. The van der Waals surface area contributed by atoms with Crippen molar-refractivity contribution >= 4 is 0 Å². The van der Waals surface area contributed by atoms with Crippen molar-refractivity contribution in [1.82, 2.24) is 0 Å². The van der Waals surface area contributed by atoms with Gasteiger partial charge >= 0.3 is 0 Å². The summed E-state index contributed by atoms with van der Waals surface area (Å²) in [7, 11) is 0. The number of rotatable bonds is 18. The zero-order valence-corrected chi connectivity index (χ0v) is 32.3. The van der Waals surface area contributed by atoms with Crippen LogP contribution in [0.15, 0.2) is 165 Å². The van der Waals surface area contributed by atoms with Crippen LogP contribution in [0.3, 0.4) is 0 Å². The topological polar surface area (TPSA) is 55.4 Å². The molecule has 6 heteroatoms. The zero-order valence-electron chi connectivity index (χ0n) is 32.3. The number of hydrogen-bond acceptors (Lipinski definition) is 6. The summed E-state index contributed by atoms with van der Waals surface area (Å²) in [5, 5.41) is 0. The summed E-state index contributed by atoms with van der Waals surface area (Å²) < 4.78 is 38.3. The first-order chi connectivity index (χ1) is 28.1. The van der Waals surface area contributed by atoms with Crippen molar-refractivity contribution in [3.8, 4) is 34.5 Å². The van der Waals surface area contributed by atoms with Crippen LogP contribution in [0.4, 0.5) is 0 Å². The van der Waals surface area contributed by atoms with Crippen molar-refractivity contribution in [2.75, 3.05) is 19.8 Å². The molecule has 0 aromatic heterocycles. The normalized spacial score (nSPS) is 11.6. The molecule has 0 heterocycles. The minimum Gasteiger partial charge on any atom is -0.486 e. The molecule has 0 amide bonds. The molecule has 0 bridgehead atoms. The van der Waals surface area contributed by atoms with Gasteiger partial charge in [0, 0.05) is 0 Å². The van der Waals surface area contributed by atoms with Crippen LogP contribution in [0.5, 0.6) is 34.5 Å². The molecule has 1 aliphatic rings. The highest BCUT2D eigenvalue weighted by atomic mass is 16.5. The standard InChI is InChI=1S/C51H48O6/c1-4-22-52-46-28-40-25-44-32-50(56-35-38-18-12-8-13-19-38)48(54-24-6-3)30-42(44)27-45-33-51(57-36-39-20-14-9-15-21-39)47(53-23-5-2)29-41(45)26-43(40)31-49(46)55-34-37-16-10-7-11-17-37/h4-21,28-33H,1-3,22-27,34-36H2. The van der Waals surface area contributed by atoms with Crippen molar-refractivity contribution in [2.24, 2.45) is 0 Å². The van der Waals surface area contributed by atoms with E-state index in [0.717, 1.165) is 50.1 Å². The minimum absolute atomic E-state index is 0.344. The molecule has 0 unspecified atom stereocenters. The average Bonchev–Trinajstić information content (AvgIpc) is 3.30. The highest BCUT2D eigenvalue weighted by Gasteiger charge is 2.23. The van der Waals surface area contributed by atoms with Crippen LogP contribution >= 0.6 is 0 Å². The molecular weight excluding hydrogens is 709 g/mol. The highest BCUT2D eigenvalue weighted by molar-refractivity contribution is 5.58. The molecule has 0 fully saturated rings. The minimum atomic E-state index is 0.344. The van der Waals surface area contributed by atoms with E-state index in [2.05, 4.69) is 92.5 Å². The van der Waals surface area contributed by atoms with Gasteiger partial charge in [0.05, 0.1) is 0 Å². The first-order valence-corrected chi connectivity index (χ1v) is 19.3. The van der Waals surface area contributed by atoms with Gasteiger partial charge in [0.1, 0.15) is 39.6 Å². The molecule has 1 aliphatic carbocycles. The van der Waals surface area contributed by atoms with Crippen LogP contribution in [0.2, 0.25) is 0 Å². The SMILES string of the molecule is C=CCOc1cc2c(cc1OCc1ccccc1)Cc1cc(OCC=C)c(OCc3ccccc3)cc1Cc1cc(OCC=C)c(OCc3ccccc3)cc1C2. The van der Waals surface area contributed by atoms with Crippen molar-refractivity contribution in [2.45, 2.75) is 39.1 Å². The van der Waals surface area contributed by atoms with E-state index in [-0.39, 0.29) is 0 Å². The van der Waals surface area contributed by atoms with Crippen molar-refractivity contribution < 1.29 is 28.4 Å². The number of fused-ring (bicyclic) bond motifs is 3. The molecule has 0 spiro atoms. The summed E-state index contributed by atoms with van der Waals surface area (Å²) in [6, 6.07) is 43.2. The molecule has 0 saturated heterocycles. The Morgan fingerprint density at radius 3 is 0.789 bits per heavy atom. The second-order valence-corrected chi connectivity index (χ2v) is 13.9. The second-order valence-electron chi connectivity index (χ2n) is 13.9. The van der Waals surface area contributed by atoms with E-state index in [4.69, 9.17) is 28.4 Å². The van der Waals surface area contributed by atoms with E-state index in [1.54, 1.807) is 18.2 Å². The largest absolute Gasteiger partial charge is 0.486 e. The maximum atomic E-state index is 6.50. The lowest BCUT2D eigenvalue weighted by Crippen LogP contribution is -2.06. The first kappa shape index (κ1) is 38.6. The van der Waals surface area contributed by atoms with E-state index in [9.17, 15) is 0 Å². The quantitative estimate of drug-likeness (QED) is 0.0813. The smallest absolute Gasteiger partial charge is 0.162 e. The summed E-state index contributed by atoms with van der Waals surface area (Å²) in [5.74, 6) is 4.01. The summed E-state index contributed by atoms with van der Waals surface area (Å²) in [6.45, 7) is 13.9. The molecule has 0 atom stereocenters. The molecule has 6 nitrogen and oxygen atoms in total. The molecule has 0 saturated carbocycles. The van der Waals surface area contributed by atoms with Gasteiger partial charge in [-0.2, -0.15) is 0 Å². The lowest BCUT2D eigenvalue weighted by Gasteiger charge is -2.19. The molecule has 0 radical (unpaired) electrons. The van der Waals surface area contributed by atoms with Crippen LogP contribution in [0.1, 0.15) is 50.1 Å². The summed E-state index contributed by atoms with van der Waals surface area (Å²) in [6.07, 6.45) is 7.13. The Kier molecular flexibility index (Phi) is 13.1. The molecule has 6 aromatic rings. The van der Waals surface area contributed by atoms with E-state index in [1.165, 1.54) is 0 Å². The lowest BCUT2D eigenvalue weighted by atomic mass is 9.94. The van der Waals surface area contributed by atoms with E-state index >= 15 is 0 Å². The van der Waals surface area contributed by atoms with Gasteiger partial charge in [0.25, 0.3) is 0 Å². The molecule has 6 aromatic carbocycles. The van der Waals surface area contributed by atoms with E-state index in [0.29, 0.717) is 93.4 Å². The number of hydrogen-bond donors (Lipinski definition) is 0. The van der Waals surface area contributed by atoms with Gasteiger partial charge in [0.2, 0.25) is 0 Å². The monoisotopic (exact) mass is 756 g/mol. The van der Waals surface area contributed by atoms with Crippen LogP contribution < -0.4 is 28.4 Å². The Labute approximate surface area is 336 Å². The molecule has 7 rings (SSSR count). The van der Waals surface area contributed by atoms with E-state index < -0.39 is 0 Å². The number of ether oxygens (including phenoxy) is 6. The van der Waals surface area contributed by atoms with Crippen molar-refractivity contribution in [3.63, 3.8) is 0 Å². The van der Waals surface area contributed by atoms with Crippen molar-refractivity contribution in [1.29, 1.82) is 0 Å². The Hall–Kier alpha value is -6.66. The summed E-state index contributed by atoms with van der Waals surface area (Å²) in [4.78, 5) is 0. The van der Waals surface area contributed by atoms with Crippen LogP contribution in [0, 0.1) is 0 Å². The van der Waals surface area contributed by atoms with Crippen molar-refractivity contribution in [3.05, 3.63) is 215 Å². The fourth-order valence-corrected chi connectivity index (χ4v) is 6.86. The molecule has 57 heavy (non-hydrogen) atoms. The third-order valence-electron chi connectivity index (χ3n) is 9.72. The van der Waals surface area contributed by atoms with Gasteiger partial charge in [-0.3, -0.25) is 0 Å². The Morgan fingerprint density at radius 1 is 0.333 bits per heavy atom. The van der Waals surface area contributed by atoms with Gasteiger partial charge in [-0.05, 0) is 106 Å². The Morgan fingerprint density at radius 2 is 0.561 bits per heavy atom. The summed E-state index contributed by atoms with van der Waals surface area (Å²) in [5.41, 5.74) is 9.89. The zero-order chi connectivity index (χ0) is 39.2. The fourth-order valence-electron chi connectivity index (χ4n) is 6.86. The average molecular weight is 757 g/mol. The Balaban J connectivity index is 1.36. The molecular formula is C51H48O6. The third kappa shape index (κ3) is 10.2. The van der Waals surface area contributed by atoms with E-state index in [1.807, 2.05) is 54.6 Å².